The molecule has 0 bridgehead atoms. The zero-order chi connectivity index (χ0) is 33.2. The second-order valence-electron chi connectivity index (χ2n) is 12.0. The Labute approximate surface area is 283 Å². The third kappa shape index (κ3) is 8.82. The molecule has 0 unspecified atom stereocenters. The second-order valence-corrected chi connectivity index (χ2v) is 14.3. The van der Waals surface area contributed by atoms with Crippen LogP contribution in [-0.4, -0.2) is 43.8 Å². The summed E-state index contributed by atoms with van der Waals surface area (Å²) in [5.74, 6) is -0.769. The van der Waals surface area contributed by atoms with E-state index in [1.165, 1.54) is 17.0 Å². The van der Waals surface area contributed by atoms with Crippen molar-refractivity contribution in [1.82, 2.24) is 10.2 Å². The van der Waals surface area contributed by atoms with Gasteiger partial charge in [-0.15, -0.1) is 0 Å². The van der Waals surface area contributed by atoms with E-state index in [1.807, 2.05) is 67.6 Å². The van der Waals surface area contributed by atoms with Gasteiger partial charge in [0.25, 0.3) is 10.0 Å². The summed E-state index contributed by atoms with van der Waals surface area (Å²) >= 11 is 6.61. The van der Waals surface area contributed by atoms with E-state index >= 15 is 0 Å². The normalized spacial score (nSPS) is 14.3. The molecule has 0 aliphatic heterocycles. The maximum absolute atomic E-state index is 14.7. The molecular weight excluding hydrogens is 630 g/mol. The van der Waals surface area contributed by atoms with Crippen molar-refractivity contribution >= 4 is 39.1 Å². The third-order valence-corrected chi connectivity index (χ3v) is 10.9. The Hall–Kier alpha value is -4.14. The van der Waals surface area contributed by atoms with Gasteiger partial charge < -0.3 is 10.2 Å². The highest BCUT2D eigenvalue weighted by molar-refractivity contribution is 7.92. The fourth-order valence-electron chi connectivity index (χ4n) is 6.05. The maximum Gasteiger partial charge on any atom is 0.264 e. The highest BCUT2D eigenvalue weighted by atomic mass is 35.5. The van der Waals surface area contributed by atoms with Crippen molar-refractivity contribution in [3.05, 3.63) is 131 Å². The Morgan fingerprint density at radius 3 is 2.06 bits per heavy atom. The molecule has 1 atom stereocenters. The molecule has 4 aromatic carbocycles. The Bertz CT molecular complexity index is 1730. The maximum atomic E-state index is 14.7. The van der Waals surface area contributed by atoms with Crippen molar-refractivity contribution in [2.75, 3.05) is 10.8 Å². The number of nitrogens with one attached hydrogen (secondary N) is 1. The summed E-state index contributed by atoms with van der Waals surface area (Å²) in [5.41, 5.74) is 2.95. The number of sulfonamides is 1. The molecule has 47 heavy (non-hydrogen) atoms. The van der Waals surface area contributed by atoms with Gasteiger partial charge in [-0.2, -0.15) is 0 Å². The first-order valence-electron chi connectivity index (χ1n) is 16.3. The van der Waals surface area contributed by atoms with Crippen molar-refractivity contribution in [3.8, 4) is 0 Å². The van der Waals surface area contributed by atoms with E-state index in [1.54, 1.807) is 36.4 Å². The van der Waals surface area contributed by atoms with E-state index < -0.39 is 28.5 Å². The average molecular weight is 672 g/mol. The lowest BCUT2D eigenvalue weighted by Crippen LogP contribution is -2.55. The molecular formula is C38H42ClN3O4S. The SMILES string of the molecule is CCc1ccc(N(CC(=O)N(Cc2ccccc2Cl)[C@@H](Cc2ccccc2)C(=O)NC2CCCCC2)S(=O)(=O)c2ccccc2)cc1. The number of benzene rings is 4. The van der Waals surface area contributed by atoms with E-state index in [0.29, 0.717) is 16.3 Å². The van der Waals surface area contributed by atoms with Crippen molar-refractivity contribution in [2.24, 2.45) is 0 Å². The number of hydrogen-bond donors (Lipinski definition) is 1. The standard InChI is InChI=1S/C38H42ClN3O4S/c1-2-29-22-24-33(25-23-29)42(47(45,46)34-19-10-5-11-20-34)28-37(43)41(27-31-16-12-13-21-35(31)39)36(26-30-14-6-3-7-15-30)38(44)40-32-17-8-4-9-18-32/h3,5-7,10-16,19-25,32,36H,2,4,8-9,17-18,26-28H2,1H3,(H,40,44)/t36-/m0/s1. The van der Waals surface area contributed by atoms with Crippen LogP contribution in [0.4, 0.5) is 5.69 Å². The molecule has 1 N–H and O–H groups in total. The molecule has 246 valence electrons. The Kier molecular flexibility index (Phi) is 11.7. The fraction of sp³-hybridized carbons (Fsp3) is 0.316. The quantitative estimate of drug-likeness (QED) is 0.163. The molecule has 5 rings (SSSR count). The van der Waals surface area contributed by atoms with Gasteiger partial charge in [-0.25, -0.2) is 8.42 Å². The number of nitrogens with zero attached hydrogens (tertiary/aromatic N) is 2. The molecule has 0 aromatic heterocycles. The van der Waals surface area contributed by atoms with Crippen LogP contribution in [0, 0.1) is 0 Å². The molecule has 4 aromatic rings. The first-order valence-corrected chi connectivity index (χ1v) is 18.1. The lowest BCUT2D eigenvalue weighted by Gasteiger charge is -2.35. The number of rotatable bonds is 13. The van der Waals surface area contributed by atoms with Crippen LogP contribution in [-0.2, 0) is 39.0 Å². The minimum absolute atomic E-state index is 0.0267. The first-order chi connectivity index (χ1) is 22.8. The van der Waals surface area contributed by atoms with Crippen molar-refractivity contribution in [1.29, 1.82) is 0 Å². The molecule has 0 saturated heterocycles. The second kappa shape index (κ2) is 16.1. The Morgan fingerprint density at radius 1 is 0.809 bits per heavy atom. The number of aryl methyl sites for hydroxylation is 1. The van der Waals surface area contributed by atoms with Gasteiger partial charge in [0.05, 0.1) is 10.6 Å². The van der Waals surface area contributed by atoms with E-state index in [-0.39, 0.29) is 29.8 Å². The van der Waals surface area contributed by atoms with E-state index in [4.69, 9.17) is 11.6 Å². The average Bonchev–Trinajstić information content (AvgIpc) is 3.10. The van der Waals surface area contributed by atoms with Gasteiger partial charge in [-0.05, 0) is 66.3 Å². The lowest BCUT2D eigenvalue weighted by molar-refractivity contribution is -0.140. The van der Waals surface area contributed by atoms with Crippen LogP contribution < -0.4 is 9.62 Å². The van der Waals surface area contributed by atoms with Crippen LogP contribution in [0.5, 0.6) is 0 Å². The number of anilines is 1. The predicted molar refractivity (Wildman–Crippen MR) is 188 cm³/mol. The van der Waals surface area contributed by atoms with Gasteiger partial charge in [-0.3, -0.25) is 13.9 Å². The molecule has 0 spiro atoms. The molecule has 2 amide bonds. The highest BCUT2D eigenvalue weighted by Gasteiger charge is 2.35. The van der Waals surface area contributed by atoms with Crippen LogP contribution in [0.2, 0.25) is 5.02 Å². The summed E-state index contributed by atoms with van der Waals surface area (Å²) in [6.07, 6.45) is 6.04. The van der Waals surface area contributed by atoms with Crippen molar-refractivity contribution < 1.29 is 18.0 Å². The van der Waals surface area contributed by atoms with Crippen LogP contribution in [0.3, 0.4) is 0 Å². The van der Waals surface area contributed by atoms with Gasteiger partial charge in [0, 0.05) is 24.0 Å². The molecule has 0 heterocycles. The van der Waals surface area contributed by atoms with Gasteiger partial charge >= 0.3 is 0 Å². The van der Waals surface area contributed by atoms with Crippen LogP contribution in [0.1, 0.15) is 55.7 Å². The summed E-state index contributed by atoms with van der Waals surface area (Å²) < 4.78 is 29.5. The van der Waals surface area contributed by atoms with Gasteiger partial charge in [0.15, 0.2) is 0 Å². The molecule has 7 nitrogen and oxygen atoms in total. The Morgan fingerprint density at radius 2 is 1.43 bits per heavy atom. The van der Waals surface area contributed by atoms with Crippen LogP contribution in [0.25, 0.3) is 0 Å². The van der Waals surface area contributed by atoms with Crippen LogP contribution >= 0.6 is 11.6 Å². The fourth-order valence-corrected chi connectivity index (χ4v) is 7.69. The van der Waals surface area contributed by atoms with Gasteiger partial charge in [0.2, 0.25) is 11.8 Å². The van der Waals surface area contributed by atoms with Crippen LogP contribution in [0.15, 0.2) is 114 Å². The summed E-state index contributed by atoms with van der Waals surface area (Å²) in [6.45, 7) is 1.55. The van der Waals surface area contributed by atoms with Gasteiger partial charge in [0.1, 0.15) is 12.6 Å². The Balaban J connectivity index is 1.56. The molecule has 1 aliphatic carbocycles. The van der Waals surface area contributed by atoms with Gasteiger partial charge in [-0.1, -0.05) is 117 Å². The summed E-state index contributed by atoms with van der Waals surface area (Å²) in [7, 11) is -4.15. The topological polar surface area (TPSA) is 86.8 Å². The molecule has 0 radical (unpaired) electrons. The molecule has 1 fully saturated rings. The largest absolute Gasteiger partial charge is 0.352 e. The van der Waals surface area contributed by atoms with Crippen molar-refractivity contribution in [2.45, 2.75) is 75.4 Å². The highest BCUT2D eigenvalue weighted by Crippen LogP contribution is 2.27. The molecule has 9 heteroatoms. The lowest BCUT2D eigenvalue weighted by atomic mass is 9.94. The smallest absolute Gasteiger partial charge is 0.264 e. The number of carbonyl (C=O) groups is 2. The summed E-state index contributed by atoms with van der Waals surface area (Å²) in [6, 6.07) is 31.2. The van der Waals surface area contributed by atoms with Crippen molar-refractivity contribution in [3.63, 3.8) is 0 Å². The number of hydrogen-bond acceptors (Lipinski definition) is 4. The molecule has 1 aliphatic rings. The first kappa shape index (κ1) is 34.2. The third-order valence-electron chi connectivity index (χ3n) is 8.76. The minimum atomic E-state index is -4.15. The summed E-state index contributed by atoms with van der Waals surface area (Å²) in [5, 5.41) is 3.69. The number of carbonyl (C=O) groups excluding carboxylic acids is 2. The summed E-state index contributed by atoms with van der Waals surface area (Å²) in [4.78, 5) is 30.5. The zero-order valence-corrected chi connectivity index (χ0v) is 28.3. The van der Waals surface area contributed by atoms with E-state index in [2.05, 4.69) is 5.32 Å². The number of halogens is 1. The molecule has 1 saturated carbocycles. The monoisotopic (exact) mass is 671 g/mol. The minimum Gasteiger partial charge on any atom is -0.352 e. The van der Waals surface area contributed by atoms with E-state index in [0.717, 1.165) is 54.0 Å². The zero-order valence-electron chi connectivity index (χ0n) is 26.7. The predicted octanol–water partition coefficient (Wildman–Crippen LogP) is 7.19. The number of amides is 2. The van der Waals surface area contributed by atoms with E-state index in [9.17, 15) is 18.0 Å².